The van der Waals surface area contributed by atoms with Crippen molar-refractivity contribution in [3.8, 4) is 0 Å². The summed E-state index contributed by atoms with van der Waals surface area (Å²) in [5, 5.41) is 0. The molecule has 6 heteroatoms. The topological polar surface area (TPSA) is 12.4 Å². The molecule has 0 saturated heterocycles. The van der Waals surface area contributed by atoms with Gasteiger partial charge in [0.2, 0.25) is 0 Å². The van der Waals surface area contributed by atoms with Crippen LogP contribution in [0.1, 0.15) is 6.42 Å². The van der Waals surface area contributed by atoms with E-state index in [1.54, 1.807) is 12.2 Å². The Morgan fingerprint density at radius 2 is 1.25 bits per heavy atom. The van der Waals surface area contributed by atoms with Crippen LogP contribution >= 0.6 is 5.70 Å². The van der Waals surface area contributed by atoms with Gasteiger partial charge in [0.1, 0.15) is 0 Å². The summed E-state index contributed by atoms with van der Waals surface area (Å²) in [4.78, 5) is 0. The van der Waals surface area contributed by atoms with Crippen LogP contribution in [0, 0.1) is 0 Å². The molecular formula is C18H38NPSi3Ti. The number of nitrogens with zero attached hydrogens (tertiary/aromatic N) is 1. The van der Waals surface area contributed by atoms with E-state index in [9.17, 15) is 0 Å². The van der Waals surface area contributed by atoms with Crippen molar-refractivity contribution in [1.82, 2.24) is 0 Å². The summed E-state index contributed by atoms with van der Waals surface area (Å²) in [5.41, 5.74) is 0.212. The Balaban J connectivity index is 0. The molecule has 136 valence electrons. The minimum atomic E-state index is -1.28. The maximum Gasteiger partial charge on any atom is 0.0843 e. The normalized spacial score (nSPS) is 14.8. The monoisotopic (exact) mass is 431 g/mol. The second-order valence-electron chi connectivity index (χ2n) is 9.01. The van der Waals surface area contributed by atoms with Crippen molar-refractivity contribution in [3.05, 3.63) is 49.2 Å². The second-order valence-corrected chi connectivity index (χ2v) is 45.4. The van der Waals surface area contributed by atoms with E-state index in [2.05, 4.69) is 90.3 Å². The molecule has 0 aromatic heterocycles. The van der Waals surface area contributed by atoms with E-state index in [0.717, 1.165) is 6.42 Å². The minimum Gasteiger partial charge on any atom is -0.284 e. The number of hydrogen-bond donors (Lipinski definition) is 0. The van der Waals surface area contributed by atoms with E-state index in [4.69, 9.17) is 4.74 Å². The molecule has 0 aromatic rings. The quantitative estimate of drug-likeness (QED) is 0.238. The fourth-order valence-electron chi connectivity index (χ4n) is 4.17. The Morgan fingerprint density at radius 1 is 0.875 bits per heavy atom. The van der Waals surface area contributed by atoms with Crippen molar-refractivity contribution < 1.29 is 21.7 Å². The molecule has 1 rings (SSSR count). The fraction of sp³-hybridized carbons (Fsp3) is 0.556. The fourth-order valence-corrected chi connectivity index (χ4v) is 87.9. The van der Waals surface area contributed by atoms with Gasteiger partial charge < -0.3 is 0 Å². The van der Waals surface area contributed by atoms with E-state index in [0.29, 0.717) is 0 Å². The van der Waals surface area contributed by atoms with Crippen molar-refractivity contribution in [2.75, 3.05) is 0 Å². The van der Waals surface area contributed by atoms with Crippen LogP contribution in [0.5, 0.6) is 0 Å². The zero-order valence-electron chi connectivity index (χ0n) is 17.4. The number of hydrogen-bond acceptors (Lipinski definition) is 1. The molecule has 0 unspecified atom stereocenters. The van der Waals surface area contributed by atoms with Crippen LogP contribution in [-0.2, 0) is 21.7 Å². The third-order valence-corrected chi connectivity index (χ3v) is 65.1. The Morgan fingerprint density at radius 3 is 1.46 bits per heavy atom. The van der Waals surface area contributed by atoms with Crippen LogP contribution in [0.3, 0.4) is 0 Å². The third-order valence-electron chi connectivity index (χ3n) is 4.11. The first-order chi connectivity index (χ1) is 10.2. The summed E-state index contributed by atoms with van der Waals surface area (Å²) in [5.74, 6) is 0. The molecule has 0 amide bonds. The van der Waals surface area contributed by atoms with Gasteiger partial charge >= 0.3 is 0 Å². The largest absolute Gasteiger partial charge is 0.284 e. The SMILES string of the molecule is C=CC=C.C[Si](C)(C)P(=NC1=CC=CC1)([Si](C)(C)C)[Si](C)(C)C.[Ti]. The van der Waals surface area contributed by atoms with Gasteiger partial charge in [-0.2, -0.15) is 0 Å². The summed E-state index contributed by atoms with van der Waals surface area (Å²) < 4.78 is 5.62. The van der Waals surface area contributed by atoms with Crippen LogP contribution in [0.2, 0.25) is 58.9 Å². The number of rotatable bonds is 5. The summed E-state index contributed by atoms with van der Waals surface area (Å²) in [6.45, 7) is 30.0. The van der Waals surface area contributed by atoms with Gasteiger partial charge in [-0.25, -0.2) is 0 Å². The van der Waals surface area contributed by atoms with E-state index in [1.807, 2.05) is 0 Å². The van der Waals surface area contributed by atoms with Gasteiger partial charge in [-0.3, -0.25) is 4.74 Å². The Labute approximate surface area is 169 Å². The molecule has 0 bridgehead atoms. The summed E-state index contributed by atoms with van der Waals surface area (Å²) in [6.07, 6.45) is 11.1. The first-order valence-electron chi connectivity index (χ1n) is 8.46. The average molecular weight is 432 g/mol. The Kier molecular flexibility index (Phi) is 11.2. The molecule has 0 fully saturated rings. The molecule has 1 aliphatic carbocycles. The summed E-state index contributed by atoms with van der Waals surface area (Å²) in [7, 11) is -3.83. The van der Waals surface area contributed by atoms with Crippen molar-refractivity contribution in [1.29, 1.82) is 0 Å². The zero-order valence-corrected chi connectivity index (χ0v) is 22.9. The van der Waals surface area contributed by atoms with Crippen LogP contribution in [-0.4, -0.2) is 23.2 Å². The van der Waals surface area contributed by atoms with Crippen LogP contribution < -0.4 is 0 Å². The third kappa shape index (κ3) is 6.37. The molecule has 0 radical (unpaired) electrons. The van der Waals surface area contributed by atoms with Gasteiger partial charge in [0.15, 0.2) is 0 Å². The van der Waals surface area contributed by atoms with Gasteiger partial charge in [-0.1, -0.05) is 102 Å². The molecule has 0 saturated carbocycles. The maximum absolute atomic E-state index is 5.62. The molecular weight excluding hydrogens is 393 g/mol. The van der Waals surface area contributed by atoms with E-state index < -0.39 is 28.9 Å². The average Bonchev–Trinajstić information content (AvgIpc) is 2.84. The standard InChI is InChI=1S/C14H32NPSi3.C4H6.Ti/c1-17(2,3)16(18(4,5)6,19(7,8)9)15-14-12-10-11-13-14;1-3-4-2;/h10-12H,13H2,1-9H3;3-4H,1-2H2;. The minimum absolute atomic E-state index is 0. The van der Waals surface area contributed by atoms with Gasteiger partial charge in [-0.05, 0) is 6.08 Å². The molecule has 0 spiro atoms. The van der Waals surface area contributed by atoms with Gasteiger partial charge in [0, 0.05) is 33.8 Å². The molecule has 0 heterocycles. The predicted molar refractivity (Wildman–Crippen MR) is 122 cm³/mol. The first-order valence-corrected chi connectivity index (χ1v) is 23.2. The van der Waals surface area contributed by atoms with Crippen molar-refractivity contribution in [2.24, 2.45) is 4.74 Å². The summed E-state index contributed by atoms with van der Waals surface area (Å²) in [6, 6.07) is 0. The first kappa shape index (κ1) is 26.8. The van der Waals surface area contributed by atoms with Crippen LogP contribution in [0.25, 0.3) is 0 Å². The van der Waals surface area contributed by atoms with E-state index in [1.165, 1.54) is 5.70 Å². The number of allylic oxidation sites excluding steroid dienone is 5. The van der Waals surface area contributed by atoms with Gasteiger partial charge in [0.05, 0.1) is 23.2 Å². The van der Waals surface area contributed by atoms with Crippen molar-refractivity contribution in [3.63, 3.8) is 0 Å². The van der Waals surface area contributed by atoms with Gasteiger partial charge in [0.25, 0.3) is 0 Å². The Hall–Kier alpha value is 0.555. The summed E-state index contributed by atoms with van der Waals surface area (Å²) >= 11 is 0. The van der Waals surface area contributed by atoms with Gasteiger partial charge in [-0.15, -0.1) is 0 Å². The molecule has 0 aliphatic heterocycles. The molecule has 0 atom stereocenters. The van der Waals surface area contributed by atoms with Crippen molar-refractivity contribution in [2.45, 2.75) is 65.3 Å². The van der Waals surface area contributed by atoms with Crippen LogP contribution in [0.4, 0.5) is 0 Å². The smallest absolute Gasteiger partial charge is 0.0843 e. The molecule has 0 aromatic carbocycles. The van der Waals surface area contributed by atoms with Crippen LogP contribution in [0.15, 0.2) is 54.0 Å². The van der Waals surface area contributed by atoms with E-state index >= 15 is 0 Å². The molecule has 1 nitrogen and oxygen atoms in total. The molecule has 0 N–H and O–H groups in total. The molecule has 1 aliphatic rings. The predicted octanol–water partition coefficient (Wildman–Crippen LogP) is 7.89. The van der Waals surface area contributed by atoms with E-state index in [-0.39, 0.29) is 21.7 Å². The second kappa shape index (κ2) is 10.0. The Bertz CT molecular complexity index is 495. The molecule has 24 heavy (non-hydrogen) atoms. The zero-order chi connectivity index (χ0) is 18.5. The van der Waals surface area contributed by atoms with Crippen molar-refractivity contribution >= 4 is 28.9 Å². The maximum atomic E-state index is 5.62.